The van der Waals surface area contributed by atoms with E-state index in [9.17, 15) is 4.79 Å². The molecule has 2 rings (SSSR count). The first-order valence-electron chi connectivity index (χ1n) is 6.85. The van der Waals surface area contributed by atoms with Gasteiger partial charge in [-0.1, -0.05) is 6.92 Å². The molecular formula is C17H18BrNO2. The Hall–Kier alpha value is -1.81. The standard InChI is InChI=1S/C17H18BrNO2/c1-3-6-21-16-5-4-12(10-15(16)18)17(20)13-7-11(2)8-14(19)9-13/h4-5,7-10H,3,6,19H2,1-2H3. The van der Waals surface area contributed by atoms with Crippen molar-refractivity contribution in [3.8, 4) is 5.75 Å². The quantitative estimate of drug-likeness (QED) is 0.645. The molecular weight excluding hydrogens is 330 g/mol. The maximum Gasteiger partial charge on any atom is 0.193 e. The molecule has 0 bridgehead atoms. The van der Waals surface area contributed by atoms with Crippen molar-refractivity contribution >= 4 is 27.4 Å². The molecule has 0 aliphatic carbocycles. The fourth-order valence-electron chi connectivity index (χ4n) is 2.08. The number of carbonyl (C=O) groups excluding carboxylic acids is 1. The van der Waals surface area contributed by atoms with Crippen LogP contribution >= 0.6 is 15.9 Å². The molecule has 0 saturated heterocycles. The summed E-state index contributed by atoms with van der Waals surface area (Å²) < 4.78 is 6.37. The van der Waals surface area contributed by atoms with Gasteiger partial charge in [-0.3, -0.25) is 4.79 Å². The maximum atomic E-state index is 12.5. The highest BCUT2D eigenvalue weighted by atomic mass is 79.9. The fraction of sp³-hybridized carbons (Fsp3) is 0.235. The summed E-state index contributed by atoms with van der Waals surface area (Å²) in [6.07, 6.45) is 0.940. The zero-order valence-corrected chi connectivity index (χ0v) is 13.7. The molecule has 2 N–H and O–H groups in total. The molecule has 2 aromatic rings. The lowest BCUT2D eigenvalue weighted by molar-refractivity contribution is 0.103. The molecule has 0 aliphatic rings. The van der Waals surface area contributed by atoms with Gasteiger partial charge in [-0.15, -0.1) is 0 Å². The second-order valence-corrected chi connectivity index (χ2v) is 5.81. The Balaban J connectivity index is 2.29. The van der Waals surface area contributed by atoms with Crippen molar-refractivity contribution in [2.45, 2.75) is 20.3 Å². The summed E-state index contributed by atoms with van der Waals surface area (Å²) in [5.74, 6) is 0.699. The van der Waals surface area contributed by atoms with Crippen LogP contribution in [0, 0.1) is 6.92 Å². The molecule has 0 spiro atoms. The molecule has 110 valence electrons. The molecule has 0 saturated carbocycles. The van der Waals surface area contributed by atoms with Crippen LogP contribution in [0.1, 0.15) is 34.8 Å². The number of benzene rings is 2. The van der Waals surface area contributed by atoms with E-state index in [0.29, 0.717) is 23.4 Å². The van der Waals surface area contributed by atoms with Gasteiger partial charge in [0.2, 0.25) is 0 Å². The number of carbonyl (C=O) groups is 1. The van der Waals surface area contributed by atoms with Crippen molar-refractivity contribution in [3.63, 3.8) is 0 Å². The Bertz CT molecular complexity index is 648. The van der Waals surface area contributed by atoms with E-state index >= 15 is 0 Å². The molecule has 0 unspecified atom stereocenters. The van der Waals surface area contributed by atoms with E-state index in [4.69, 9.17) is 10.5 Å². The molecule has 2 aromatic carbocycles. The van der Waals surface area contributed by atoms with Gasteiger partial charge in [0.15, 0.2) is 5.78 Å². The maximum absolute atomic E-state index is 12.5. The highest BCUT2D eigenvalue weighted by molar-refractivity contribution is 9.10. The highest BCUT2D eigenvalue weighted by Crippen LogP contribution is 2.27. The second kappa shape index (κ2) is 6.76. The van der Waals surface area contributed by atoms with Gasteiger partial charge in [-0.2, -0.15) is 0 Å². The van der Waals surface area contributed by atoms with E-state index in [1.807, 2.05) is 32.0 Å². The van der Waals surface area contributed by atoms with E-state index in [1.165, 1.54) is 0 Å². The SMILES string of the molecule is CCCOc1ccc(C(=O)c2cc(C)cc(N)c2)cc1Br. The van der Waals surface area contributed by atoms with Crippen LogP contribution in [-0.2, 0) is 0 Å². The number of ether oxygens (including phenoxy) is 1. The van der Waals surface area contributed by atoms with Crippen LogP contribution in [0.5, 0.6) is 5.75 Å². The number of hydrogen-bond donors (Lipinski definition) is 1. The van der Waals surface area contributed by atoms with Crippen LogP contribution in [0.3, 0.4) is 0 Å². The smallest absolute Gasteiger partial charge is 0.193 e. The van der Waals surface area contributed by atoms with Crippen molar-refractivity contribution in [3.05, 3.63) is 57.6 Å². The molecule has 4 heteroatoms. The van der Waals surface area contributed by atoms with Gasteiger partial charge < -0.3 is 10.5 Å². The lowest BCUT2D eigenvalue weighted by Gasteiger charge is -2.09. The van der Waals surface area contributed by atoms with Crippen molar-refractivity contribution in [2.75, 3.05) is 12.3 Å². The van der Waals surface area contributed by atoms with Crippen molar-refractivity contribution in [1.29, 1.82) is 0 Å². The molecule has 0 aromatic heterocycles. The third-order valence-electron chi connectivity index (χ3n) is 3.02. The topological polar surface area (TPSA) is 52.3 Å². The average Bonchev–Trinajstić information content (AvgIpc) is 2.44. The number of ketones is 1. The normalized spacial score (nSPS) is 10.4. The first-order valence-corrected chi connectivity index (χ1v) is 7.64. The van der Waals surface area contributed by atoms with Gasteiger partial charge in [0.05, 0.1) is 11.1 Å². The lowest BCUT2D eigenvalue weighted by Crippen LogP contribution is -2.04. The minimum Gasteiger partial charge on any atom is -0.492 e. The number of halogens is 1. The number of nitrogen functional groups attached to an aromatic ring is 1. The molecule has 0 heterocycles. The largest absolute Gasteiger partial charge is 0.492 e. The summed E-state index contributed by atoms with van der Waals surface area (Å²) in [5, 5.41) is 0. The molecule has 0 amide bonds. The Morgan fingerprint density at radius 2 is 1.95 bits per heavy atom. The Labute approximate surface area is 133 Å². The van der Waals surface area contributed by atoms with Crippen molar-refractivity contribution < 1.29 is 9.53 Å². The Morgan fingerprint density at radius 1 is 1.19 bits per heavy atom. The molecule has 3 nitrogen and oxygen atoms in total. The van der Waals surface area contributed by atoms with E-state index in [2.05, 4.69) is 15.9 Å². The molecule has 0 fully saturated rings. The molecule has 21 heavy (non-hydrogen) atoms. The summed E-state index contributed by atoms with van der Waals surface area (Å²) in [6, 6.07) is 10.8. The third-order valence-corrected chi connectivity index (χ3v) is 3.64. The number of anilines is 1. The number of hydrogen-bond acceptors (Lipinski definition) is 3. The van der Waals surface area contributed by atoms with Gasteiger partial charge in [0.1, 0.15) is 5.75 Å². The zero-order valence-electron chi connectivity index (χ0n) is 12.2. The molecule has 0 radical (unpaired) electrons. The van der Waals surface area contributed by atoms with Crippen LogP contribution in [0.15, 0.2) is 40.9 Å². The Kier molecular flexibility index (Phi) is 5.02. The summed E-state index contributed by atoms with van der Waals surface area (Å²) in [5.41, 5.74) is 8.58. The first kappa shape index (κ1) is 15.6. The third kappa shape index (κ3) is 3.85. The summed E-state index contributed by atoms with van der Waals surface area (Å²) in [6.45, 7) is 4.62. The predicted octanol–water partition coefficient (Wildman–Crippen LogP) is 4.36. The minimum absolute atomic E-state index is 0.0480. The number of nitrogens with two attached hydrogens (primary N) is 1. The Morgan fingerprint density at radius 3 is 2.57 bits per heavy atom. The van der Waals surface area contributed by atoms with Crippen LogP contribution in [0.25, 0.3) is 0 Å². The van der Waals surface area contributed by atoms with Crippen LogP contribution in [0.4, 0.5) is 5.69 Å². The molecule has 0 aliphatic heterocycles. The summed E-state index contributed by atoms with van der Waals surface area (Å²) >= 11 is 3.45. The fourth-order valence-corrected chi connectivity index (χ4v) is 2.57. The molecule has 0 atom stereocenters. The van der Waals surface area contributed by atoms with Gasteiger partial charge in [0, 0.05) is 16.8 Å². The van der Waals surface area contributed by atoms with E-state index in [0.717, 1.165) is 22.2 Å². The summed E-state index contributed by atoms with van der Waals surface area (Å²) in [7, 11) is 0. The monoisotopic (exact) mass is 347 g/mol. The van der Waals surface area contributed by atoms with Crippen LogP contribution < -0.4 is 10.5 Å². The van der Waals surface area contributed by atoms with Crippen molar-refractivity contribution in [1.82, 2.24) is 0 Å². The minimum atomic E-state index is -0.0480. The lowest BCUT2D eigenvalue weighted by atomic mass is 10.0. The zero-order chi connectivity index (χ0) is 15.4. The number of rotatable bonds is 5. The van der Waals surface area contributed by atoms with E-state index in [1.54, 1.807) is 18.2 Å². The van der Waals surface area contributed by atoms with Gasteiger partial charge >= 0.3 is 0 Å². The van der Waals surface area contributed by atoms with Gasteiger partial charge in [-0.05, 0) is 71.2 Å². The van der Waals surface area contributed by atoms with Crippen molar-refractivity contribution in [2.24, 2.45) is 0 Å². The van der Waals surface area contributed by atoms with Crippen LogP contribution in [0.2, 0.25) is 0 Å². The highest BCUT2D eigenvalue weighted by Gasteiger charge is 2.12. The predicted molar refractivity (Wildman–Crippen MR) is 89.0 cm³/mol. The van der Waals surface area contributed by atoms with Gasteiger partial charge in [-0.25, -0.2) is 0 Å². The second-order valence-electron chi connectivity index (χ2n) is 4.96. The van der Waals surface area contributed by atoms with E-state index in [-0.39, 0.29) is 5.78 Å². The van der Waals surface area contributed by atoms with Gasteiger partial charge in [0.25, 0.3) is 0 Å². The van der Waals surface area contributed by atoms with Crippen LogP contribution in [-0.4, -0.2) is 12.4 Å². The first-order chi connectivity index (χ1) is 10.0. The average molecular weight is 348 g/mol. The summed E-state index contributed by atoms with van der Waals surface area (Å²) in [4.78, 5) is 12.5. The van der Waals surface area contributed by atoms with E-state index < -0.39 is 0 Å². The number of aryl methyl sites for hydroxylation is 1.